The van der Waals surface area contributed by atoms with Gasteiger partial charge in [-0.3, -0.25) is 4.99 Å². The highest BCUT2D eigenvalue weighted by Gasteiger charge is 2.42. The molecule has 128 valence electrons. The van der Waals surface area contributed by atoms with Crippen LogP contribution in [0.1, 0.15) is 34.7 Å². The van der Waals surface area contributed by atoms with Gasteiger partial charge in [0.2, 0.25) is 0 Å². The molecule has 1 heterocycles. The maximum atomic E-state index is 13.8. The van der Waals surface area contributed by atoms with E-state index < -0.39 is 11.6 Å². The van der Waals surface area contributed by atoms with Gasteiger partial charge in [-0.05, 0) is 25.0 Å². The van der Waals surface area contributed by atoms with Crippen molar-refractivity contribution < 1.29 is 8.78 Å². The Hall–Kier alpha value is -2.02. The first-order valence-corrected chi connectivity index (χ1v) is 8.78. The Balaban J connectivity index is 1.55. The maximum absolute atomic E-state index is 13.8. The number of benzene rings is 1. The fourth-order valence-electron chi connectivity index (χ4n) is 2.66. The summed E-state index contributed by atoms with van der Waals surface area (Å²) in [5.41, 5.74) is 0.165. The molecule has 3 rings (SSSR count). The van der Waals surface area contributed by atoms with Crippen LogP contribution in [0.5, 0.6) is 0 Å². The van der Waals surface area contributed by atoms with E-state index in [1.807, 2.05) is 6.20 Å². The van der Waals surface area contributed by atoms with Crippen molar-refractivity contribution in [3.8, 4) is 0 Å². The highest BCUT2D eigenvalue weighted by molar-refractivity contribution is 7.11. The number of nitrogens with one attached hydrogen (secondary N) is 2. The molecule has 2 aromatic rings. The van der Waals surface area contributed by atoms with Crippen molar-refractivity contribution in [1.82, 2.24) is 15.6 Å². The average Bonchev–Trinajstić information content (AvgIpc) is 3.15. The molecule has 0 radical (unpaired) electrons. The molecular weight excluding hydrogens is 330 g/mol. The number of rotatable bonds is 5. The number of aromatic nitrogens is 1. The Labute approximate surface area is 144 Å². The Kier molecular flexibility index (Phi) is 5.08. The molecule has 24 heavy (non-hydrogen) atoms. The quantitative estimate of drug-likeness (QED) is 0.643. The molecule has 1 fully saturated rings. The van der Waals surface area contributed by atoms with Crippen molar-refractivity contribution >= 4 is 17.3 Å². The second-order valence-electron chi connectivity index (χ2n) is 5.73. The van der Waals surface area contributed by atoms with Crippen molar-refractivity contribution in [1.29, 1.82) is 0 Å². The van der Waals surface area contributed by atoms with Crippen LogP contribution in [0.25, 0.3) is 0 Å². The number of guanidine groups is 1. The van der Waals surface area contributed by atoms with Gasteiger partial charge in [-0.2, -0.15) is 0 Å². The Morgan fingerprint density at radius 3 is 2.75 bits per heavy atom. The summed E-state index contributed by atoms with van der Waals surface area (Å²) in [5, 5.41) is 7.40. The van der Waals surface area contributed by atoms with Crippen LogP contribution in [-0.2, 0) is 13.0 Å². The normalized spacial score (nSPS) is 20.1. The predicted molar refractivity (Wildman–Crippen MR) is 92.3 cm³/mol. The zero-order valence-corrected chi connectivity index (χ0v) is 14.5. The van der Waals surface area contributed by atoms with E-state index in [9.17, 15) is 8.78 Å². The standard InChI is InChI=1S/C17H20F2N4S/c1-3-10-8-21-15(24-10)9-22-17(20-2)23-14-7-11(14)16-12(18)5-4-6-13(16)19/h4-6,8,11,14H,3,7,9H2,1-2H3,(H2,20,22,23). The molecule has 0 aliphatic heterocycles. The molecule has 2 unspecified atom stereocenters. The third-order valence-electron chi connectivity index (χ3n) is 4.06. The molecule has 2 N–H and O–H groups in total. The SMILES string of the molecule is CCc1cnc(CNC(=NC)NC2CC2c2c(F)cccc2F)s1. The van der Waals surface area contributed by atoms with E-state index in [0.717, 1.165) is 11.4 Å². The summed E-state index contributed by atoms with van der Waals surface area (Å²) >= 11 is 1.67. The Morgan fingerprint density at radius 1 is 1.38 bits per heavy atom. The van der Waals surface area contributed by atoms with Gasteiger partial charge in [0, 0.05) is 35.6 Å². The summed E-state index contributed by atoms with van der Waals surface area (Å²) in [4.78, 5) is 9.76. The molecular formula is C17H20F2N4S. The Morgan fingerprint density at radius 2 is 2.12 bits per heavy atom. The summed E-state index contributed by atoms with van der Waals surface area (Å²) in [5.74, 6) is -0.506. The number of nitrogens with zero attached hydrogens (tertiary/aromatic N) is 2. The summed E-state index contributed by atoms with van der Waals surface area (Å²) in [7, 11) is 1.68. The first kappa shape index (κ1) is 16.8. The number of aliphatic imine (C=N–C) groups is 1. The molecule has 0 spiro atoms. The highest BCUT2D eigenvalue weighted by Crippen LogP contribution is 2.43. The molecule has 7 heteroatoms. The third kappa shape index (κ3) is 3.72. The zero-order chi connectivity index (χ0) is 17.1. The summed E-state index contributed by atoms with van der Waals surface area (Å²) in [6.45, 7) is 2.68. The lowest BCUT2D eigenvalue weighted by atomic mass is 10.1. The predicted octanol–water partition coefficient (Wildman–Crippen LogP) is 3.20. The van der Waals surface area contributed by atoms with Crippen LogP contribution in [0, 0.1) is 11.6 Å². The van der Waals surface area contributed by atoms with Crippen molar-refractivity contribution in [2.24, 2.45) is 4.99 Å². The number of aryl methyl sites for hydroxylation is 1. The molecule has 0 bridgehead atoms. The van der Waals surface area contributed by atoms with Gasteiger partial charge in [-0.25, -0.2) is 13.8 Å². The molecule has 4 nitrogen and oxygen atoms in total. The molecule has 0 saturated heterocycles. The molecule has 1 saturated carbocycles. The average molecular weight is 350 g/mol. The lowest BCUT2D eigenvalue weighted by Crippen LogP contribution is -2.38. The van der Waals surface area contributed by atoms with E-state index >= 15 is 0 Å². The van der Waals surface area contributed by atoms with E-state index in [4.69, 9.17) is 0 Å². The second-order valence-corrected chi connectivity index (χ2v) is 6.93. The van der Waals surface area contributed by atoms with Gasteiger partial charge < -0.3 is 10.6 Å². The van der Waals surface area contributed by atoms with E-state index in [1.165, 1.54) is 23.1 Å². The van der Waals surface area contributed by atoms with Gasteiger partial charge in [-0.15, -0.1) is 11.3 Å². The van der Waals surface area contributed by atoms with E-state index in [-0.39, 0.29) is 17.5 Å². The minimum atomic E-state index is -0.484. The van der Waals surface area contributed by atoms with Gasteiger partial charge in [-0.1, -0.05) is 13.0 Å². The fraction of sp³-hybridized carbons (Fsp3) is 0.412. The molecule has 1 aliphatic rings. The monoisotopic (exact) mass is 350 g/mol. The van der Waals surface area contributed by atoms with Crippen LogP contribution < -0.4 is 10.6 Å². The van der Waals surface area contributed by atoms with Crippen molar-refractivity contribution in [2.45, 2.75) is 38.3 Å². The van der Waals surface area contributed by atoms with E-state index in [2.05, 4.69) is 27.5 Å². The highest BCUT2D eigenvalue weighted by atomic mass is 32.1. The minimum absolute atomic E-state index is 0.00917. The van der Waals surface area contributed by atoms with Crippen molar-refractivity contribution in [3.63, 3.8) is 0 Å². The van der Waals surface area contributed by atoms with Crippen LogP contribution in [0.2, 0.25) is 0 Å². The van der Waals surface area contributed by atoms with Gasteiger partial charge in [0.25, 0.3) is 0 Å². The van der Waals surface area contributed by atoms with E-state index in [0.29, 0.717) is 18.9 Å². The topological polar surface area (TPSA) is 49.3 Å². The largest absolute Gasteiger partial charge is 0.353 e. The molecule has 0 amide bonds. The Bertz CT molecular complexity index is 724. The van der Waals surface area contributed by atoms with Crippen molar-refractivity contribution in [3.05, 3.63) is 51.5 Å². The lowest BCUT2D eigenvalue weighted by molar-refractivity contribution is 0.553. The summed E-state index contributed by atoms with van der Waals surface area (Å²) < 4.78 is 27.6. The van der Waals surface area contributed by atoms with E-state index in [1.54, 1.807) is 18.4 Å². The second kappa shape index (κ2) is 7.25. The fourth-order valence-corrected chi connectivity index (χ4v) is 3.46. The van der Waals surface area contributed by atoms with Gasteiger partial charge in [0.05, 0.1) is 6.54 Å². The molecule has 1 aliphatic carbocycles. The molecule has 2 atom stereocenters. The van der Waals surface area contributed by atoms with Gasteiger partial charge >= 0.3 is 0 Å². The van der Waals surface area contributed by atoms with Gasteiger partial charge in [0.15, 0.2) is 5.96 Å². The minimum Gasteiger partial charge on any atom is -0.353 e. The van der Waals surface area contributed by atoms with Crippen LogP contribution >= 0.6 is 11.3 Å². The number of thiazole rings is 1. The van der Waals surface area contributed by atoms with Crippen LogP contribution in [0.3, 0.4) is 0 Å². The van der Waals surface area contributed by atoms with Crippen LogP contribution in [-0.4, -0.2) is 24.0 Å². The van der Waals surface area contributed by atoms with Crippen LogP contribution in [0.15, 0.2) is 29.4 Å². The zero-order valence-electron chi connectivity index (χ0n) is 13.6. The van der Waals surface area contributed by atoms with Crippen molar-refractivity contribution in [2.75, 3.05) is 7.05 Å². The lowest BCUT2D eigenvalue weighted by Gasteiger charge is -2.11. The first-order chi connectivity index (χ1) is 11.6. The third-order valence-corrected chi connectivity index (χ3v) is 5.21. The molecule has 1 aromatic heterocycles. The number of halogens is 2. The maximum Gasteiger partial charge on any atom is 0.191 e. The number of hydrogen-bond donors (Lipinski definition) is 2. The van der Waals surface area contributed by atoms with Crippen LogP contribution in [0.4, 0.5) is 8.78 Å². The summed E-state index contributed by atoms with van der Waals surface area (Å²) in [6.07, 6.45) is 3.55. The summed E-state index contributed by atoms with van der Waals surface area (Å²) in [6, 6.07) is 3.98. The smallest absolute Gasteiger partial charge is 0.191 e. The van der Waals surface area contributed by atoms with Gasteiger partial charge in [0.1, 0.15) is 16.6 Å². The number of hydrogen-bond acceptors (Lipinski definition) is 3. The molecule has 1 aromatic carbocycles. The first-order valence-electron chi connectivity index (χ1n) is 7.97.